The van der Waals surface area contributed by atoms with E-state index in [0.717, 1.165) is 60.0 Å². The zero-order valence-electron chi connectivity index (χ0n) is 16.5. The summed E-state index contributed by atoms with van der Waals surface area (Å²) in [5.74, 6) is 0. The van der Waals surface area contributed by atoms with Gasteiger partial charge in [-0.1, -0.05) is 13.3 Å². The molecule has 3 aromatic heterocycles. The Balaban J connectivity index is 1.81. The molecular formula is C20H28N6O2. The van der Waals surface area contributed by atoms with Gasteiger partial charge in [-0.3, -0.25) is 4.98 Å². The van der Waals surface area contributed by atoms with Crippen LogP contribution in [0.5, 0.6) is 0 Å². The third kappa shape index (κ3) is 4.39. The Labute approximate surface area is 164 Å². The number of carbonyl (C=O) groups excluding carboxylic acids is 1. The number of aryl methyl sites for hydroxylation is 1. The molecule has 8 nitrogen and oxygen atoms in total. The maximum Gasteiger partial charge on any atom is 0.407 e. The van der Waals surface area contributed by atoms with Gasteiger partial charge in [0, 0.05) is 25.3 Å². The molecule has 0 radical (unpaired) electrons. The van der Waals surface area contributed by atoms with Crippen molar-refractivity contribution in [3.63, 3.8) is 0 Å². The zero-order valence-corrected chi connectivity index (χ0v) is 16.5. The smallest absolute Gasteiger partial charge is 0.407 e. The predicted molar refractivity (Wildman–Crippen MR) is 109 cm³/mol. The third-order valence-electron chi connectivity index (χ3n) is 4.65. The average molecular weight is 384 g/mol. The van der Waals surface area contributed by atoms with Gasteiger partial charge in [0.2, 0.25) is 0 Å². The molecule has 0 aliphatic rings. The molecule has 0 aliphatic carbocycles. The van der Waals surface area contributed by atoms with E-state index in [4.69, 9.17) is 15.5 Å². The van der Waals surface area contributed by atoms with Crippen molar-refractivity contribution >= 4 is 28.2 Å². The number of hydrogen-bond donors (Lipinski definition) is 2. The number of unbranched alkanes of at least 4 members (excludes halogenated alkanes) is 1. The van der Waals surface area contributed by atoms with Crippen LogP contribution in [-0.4, -0.2) is 38.8 Å². The highest BCUT2D eigenvalue weighted by molar-refractivity contribution is 6.00. The fourth-order valence-electron chi connectivity index (χ4n) is 3.33. The molecule has 0 aromatic carbocycles. The lowest BCUT2D eigenvalue weighted by Gasteiger charge is -2.13. The third-order valence-corrected chi connectivity index (χ3v) is 4.65. The van der Waals surface area contributed by atoms with Gasteiger partial charge in [0.15, 0.2) is 0 Å². The van der Waals surface area contributed by atoms with Crippen LogP contribution in [0, 0.1) is 0 Å². The Bertz CT molecular complexity index is 939. The van der Waals surface area contributed by atoms with Crippen molar-refractivity contribution in [2.24, 2.45) is 5.73 Å². The van der Waals surface area contributed by atoms with Crippen molar-refractivity contribution < 1.29 is 9.53 Å². The minimum Gasteiger partial charge on any atom is -0.450 e. The largest absolute Gasteiger partial charge is 0.450 e. The number of hydrogen-bond acceptors (Lipinski definition) is 6. The molecular weight excluding hydrogens is 356 g/mol. The minimum atomic E-state index is -0.369. The van der Waals surface area contributed by atoms with Crippen molar-refractivity contribution in [2.75, 3.05) is 13.2 Å². The molecule has 0 bridgehead atoms. The van der Waals surface area contributed by atoms with E-state index < -0.39 is 0 Å². The van der Waals surface area contributed by atoms with Crippen LogP contribution in [0.25, 0.3) is 22.1 Å². The quantitative estimate of drug-likeness (QED) is 0.548. The number of pyridine rings is 2. The Morgan fingerprint density at radius 1 is 1.29 bits per heavy atom. The minimum absolute atomic E-state index is 0.144. The number of nitrogens with zero attached hydrogens (tertiary/aromatic N) is 4. The molecule has 8 heteroatoms. The Morgan fingerprint density at radius 3 is 2.93 bits per heavy atom. The van der Waals surface area contributed by atoms with E-state index >= 15 is 0 Å². The first-order valence-electron chi connectivity index (χ1n) is 9.91. The van der Waals surface area contributed by atoms with Crippen molar-refractivity contribution in [3.05, 3.63) is 30.4 Å². The number of fused-ring (bicyclic) bond motifs is 3. The highest BCUT2D eigenvalue weighted by atomic mass is 16.5. The molecule has 3 N–H and O–H groups in total. The molecule has 1 unspecified atom stereocenters. The zero-order chi connectivity index (χ0) is 19.9. The van der Waals surface area contributed by atoms with Gasteiger partial charge in [0.05, 0.1) is 29.7 Å². The number of rotatable bonds is 9. The van der Waals surface area contributed by atoms with Gasteiger partial charge in [-0.2, -0.15) is 0 Å². The maximum atomic E-state index is 11.3. The number of amides is 1. The van der Waals surface area contributed by atoms with Gasteiger partial charge >= 0.3 is 6.09 Å². The molecule has 0 spiro atoms. The van der Waals surface area contributed by atoms with E-state index in [-0.39, 0.29) is 12.1 Å². The van der Waals surface area contributed by atoms with E-state index in [1.54, 1.807) is 13.1 Å². The number of ether oxygens (including phenoxy) is 1. The normalized spacial score (nSPS) is 12.4. The number of alkyl carbamates (subject to hydrolysis) is 1. The lowest BCUT2D eigenvalue weighted by molar-refractivity contribution is 0.152. The first-order valence-corrected chi connectivity index (χ1v) is 9.91. The maximum absolute atomic E-state index is 11.3. The summed E-state index contributed by atoms with van der Waals surface area (Å²) in [7, 11) is 0. The summed E-state index contributed by atoms with van der Waals surface area (Å²) in [6, 6.07) is 3.71. The van der Waals surface area contributed by atoms with Crippen molar-refractivity contribution in [3.8, 4) is 0 Å². The second-order valence-electron chi connectivity index (χ2n) is 6.75. The molecule has 0 saturated heterocycles. The lowest BCUT2D eigenvalue weighted by Crippen LogP contribution is -2.25. The summed E-state index contributed by atoms with van der Waals surface area (Å²) < 4.78 is 6.97. The Hall–Kier alpha value is -2.74. The SMILES string of the molecule is CCCC(N)c1nc2cccnc2c2c1ncn2CCCCNC(=O)OCC. The molecule has 1 amide bonds. The highest BCUT2D eigenvalue weighted by Gasteiger charge is 2.18. The summed E-state index contributed by atoms with van der Waals surface area (Å²) in [5.41, 5.74) is 10.7. The van der Waals surface area contributed by atoms with Crippen LogP contribution < -0.4 is 11.1 Å². The topological polar surface area (TPSA) is 108 Å². The number of nitrogens with two attached hydrogens (primary N) is 1. The fourth-order valence-corrected chi connectivity index (χ4v) is 3.33. The van der Waals surface area contributed by atoms with E-state index in [9.17, 15) is 4.79 Å². The Kier molecular flexibility index (Phi) is 6.76. The molecule has 28 heavy (non-hydrogen) atoms. The van der Waals surface area contributed by atoms with E-state index in [1.165, 1.54) is 0 Å². The van der Waals surface area contributed by atoms with Gasteiger partial charge in [-0.25, -0.2) is 14.8 Å². The molecule has 0 aliphatic heterocycles. The highest BCUT2D eigenvalue weighted by Crippen LogP contribution is 2.28. The van der Waals surface area contributed by atoms with Crippen molar-refractivity contribution in [1.29, 1.82) is 0 Å². The summed E-state index contributed by atoms with van der Waals surface area (Å²) >= 11 is 0. The predicted octanol–water partition coefficient (Wildman–Crippen LogP) is 3.31. The van der Waals surface area contributed by atoms with Gasteiger partial charge in [0.1, 0.15) is 11.0 Å². The summed E-state index contributed by atoms with van der Waals surface area (Å²) in [6.45, 7) is 5.64. The second-order valence-corrected chi connectivity index (χ2v) is 6.75. The Morgan fingerprint density at radius 2 is 2.14 bits per heavy atom. The van der Waals surface area contributed by atoms with Crippen LogP contribution >= 0.6 is 0 Å². The fraction of sp³-hybridized carbons (Fsp3) is 0.500. The van der Waals surface area contributed by atoms with E-state index in [2.05, 4.69) is 26.8 Å². The summed E-state index contributed by atoms with van der Waals surface area (Å²) in [6.07, 6.45) is 6.83. The van der Waals surface area contributed by atoms with Crippen LogP contribution in [-0.2, 0) is 11.3 Å². The van der Waals surface area contributed by atoms with E-state index in [0.29, 0.717) is 13.2 Å². The van der Waals surface area contributed by atoms with Gasteiger partial charge in [-0.05, 0) is 38.3 Å². The van der Waals surface area contributed by atoms with Crippen LogP contribution in [0.1, 0.15) is 51.3 Å². The molecule has 1 atom stereocenters. The molecule has 3 rings (SSSR count). The molecule has 0 saturated carbocycles. The first kappa shape index (κ1) is 20.0. The number of carbonyl (C=O) groups is 1. The lowest BCUT2D eigenvalue weighted by atomic mass is 10.1. The van der Waals surface area contributed by atoms with Crippen molar-refractivity contribution in [1.82, 2.24) is 24.8 Å². The molecule has 0 fully saturated rings. The molecule has 3 aromatic rings. The van der Waals surface area contributed by atoms with Crippen LogP contribution in [0.2, 0.25) is 0 Å². The monoisotopic (exact) mass is 384 g/mol. The second kappa shape index (κ2) is 9.45. The molecule has 3 heterocycles. The van der Waals surface area contributed by atoms with Crippen LogP contribution in [0.3, 0.4) is 0 Å². The van der Waals surface area contributed by atoms with Crippen molar-refractivity contribution in [2.45, 2.75) is 52.1 Å². The van der Waals surface area contributed by atoms with Crippen LogP contribution in [0.4, 0.5) is 4.79 Å². The number of aromatic nitrogens is 4. The van der Waals surface area contributed by atoms with Gasteiger partial charge in [0.25, 0.3) is 0 Å². The number of imidazole rings is 1. The van der Waals surface area contributed by atoms with Gasteiger partial charge < -0.3 is 20.4 Å². The summed E-state index contributed by atoms with van der Waals surface area (Å²) in [5, 5.41) is 2.74. The average Bonchev–Trinajstić information content (AvgIpc) is 3.12. The van der Waals surface area contributed by atoms with E-state index in [1.807, 2.05) is 18.5 Å². The standard InChI is InChI=1S/C20H28N6O2/c1-3-8-14(21)16-18-19(17-15(25-16)9-7-11-22-17)26(13-24-18)12-6-5-10-23-20(27)28-4-2/h7,9,11,13-14H,3-6,8,10,12,21H2,1-2H3,(H,23,27). The number of nitrogens with one attached hydrogen (secondary N) is 1. The first-order chi connectivity index (χ1) is 13.7. The van der Waals surface area contributed by atoms with Gasteiger partial charge in [-0.15, -0.1) is 0 Å². The summed E-state index contributed by atoms with van der Waals surface area (Å²) in [4.78, 5) is 25.2. The molecule has 150 valence electrons. The van der Waals surface area contributed by atoms with Crippen LogP contribution in [0.15, 0.2) is 24.7 Å².